The van der Waals surface area contributed by atoms with Crippen molar-refractivity contribution in [1.29, 1.82) is 0 Å². The zero-order valence-electron chi connectivity index (χ0n) is 11.3. The van der Waals surface area contributed by atoms with Crippen molar-refractivity contribution in [3.63, 3.8) is 0 Å². The SMILES string of the molecule is CCOC(=O)/C=C\c1c(C)c(C)cc(C)c1C. The topological polar surface area (TPSA) is 26.3 Å². The van der Waals surface area contributed by atoms with E-state index in [-0.39, 0.29) is 5.97 Å². The quantitative estimate of drug-likeness (QED) is 0.589. The van der Waals surface area contributed by atoms with E-state index in [4.69, 9.17) is 4.74 Å². The van der Waals surface area contributed by atoms with E-state index in [9.17, 15) is 4.79 Å². The second-order valence-electron chi connectivity index (χ2n) is 4.26. The van der Waals surface area contributed by atoms with Gasteiger partial charge in [-0.25, -0.2) is 4.79 Å². The molecule has 0 unspecified atom stereocenters. The van der Waals surface area contributed by atoms with Gasteiger partial charge in [0.05, 0.1) is 6.61 Å². The number of rotatable bonds is 3. The first-order valence-corrected chi connectivity index (χ1v) is 5.89. The summed E-state index contributed by atoms with van der Waals surface area (Å²) in [5.74, 6) is -0.287. The Balaban J connectivity index is 3.10. The number of carbonyl (C=O) groups excluding carboxylic acids is 1. The highest BCUT2D eigenvalue weighted by molar-refractivity contribution is 5.87. The van der Waals surface area contributed by atoms with Gasteiger partial charge in [-0.2, -0.15) is 0 Å². The van der Waals surface area contributed by atoms with Crippen LogP contribution in [0, 0.1) is 27.7 Å². The predicted octanol–water partition coefficient (Wildman–Crippen LogP) is 3.50. The zero-order valence-corrected chi connectivity index (χ0v) is 11.3. The van der Waals surface area contributed by atoms with Gasteiger partial charge in [-0.05, 0) is 68.5 Å². The molecular weight excluding hydrogens is 212 g/mol. The number of aryl methyl sites for hydroxylation is 2. The number of benzene rings is 1. The molecule has 0 spiro atoms. The fourth-order valence-electron chi connectivity index (χ4n) is 1.84. The third-order valence-corrected chi connectivity index (χ3v) is 3.10. The van der Waals surface area contributed by atoms with E-state index in [2.05, 4.69) is 33.8 Å². The summed E-state index contributed by atoms with van der Waals surface area (Å²) < 4.78 is 4.88. The van der Waals surface area contributed by atoms with E-state index < -0.39 is 0 Å². The summed E-state index contributed by atoms with van der Waals surface area (Å²) in [4.78, 5) is 11.3. The maximum Gasteiger partial charge on any atom is 0.330 e. The lowest BCUT2D eigenvalue weighted by molar-refractivity contribution is -0.137. The summed E-state index contributed by atoms with van der Waals surface area (Å²) in [5, 5.41) is 0. The lowest BCUT2D eigenvalue weighted by atomic mass is 9.94. The number of esters is 1. The molecule has 0 aliphatic rings. The fourth-order valence-corrected chi connectivity index (χ4v) is 1.84. The van der Waals surface area contributed by atoms with Crippen molar-refractivity contribution in [3.05, 3.63) is 40.0 Å². The van der Waals surface area contributed by atoms with Crippen LogP contribution in [0.25, 0.3) is 6.08 Å². The van der Waals surface area contributed by atoms with Crippen LogP contribution in [0.1, 0.15) is 34.7 Å². The molecule has 17 heavy (non-hydrogen) atoms. The van der Waals surface area contributed by atoms with Crippen LogP contribution in [-0.2, 0) is 9.53 Å². The molecule has 1 aromatic carbocycles. The molecule has 0 N–H and O–H groups in total. The fraction of sp³-hybridized carbons (Fsp3) is 0.400. The molecule has 0 fully saturated rings. The van der Waals surface area contributed by atoms with E-state index in [0.717, 1.165) is 5.56 Å². The molecule has 0 aliphatic carbocycles. The molecule has 2 heteroatoms. The van der Waals surface area contributed by atoms with Gasteiger partial charge in [0.15, 0.2) is 0 Å². The van der Waals surface area contributed by atoms with Gasteiger partial charge in [-0.15, -0.1) is 0 Å². The third kappa shape index (κ3) is 3.19. The molecule has 0 heterocycles. The molecule has 0 aromatic heterocycles. The highest BCUT2D eigenvalue weighted by Crippen LogP contribution is 2.22. The van der Waals surface area contributed by atoms with Crippen LogP contribution in [0.15, 0.2) is 12.1 Å². The van der Waals surface area contributed by atoms with Crippen LogP contribution < -0.4 is 0 Å². The van der Waals surface area contributed by atoms with Crippen molar-refractivity contribution < 1.29 is 9.53 Å². The highest BCUT2D eigenvalue weighted by atomic mass is 16.5. The van der Waals surface area contributed by atoms with Crippen LogP contribution in [0.2, 0.25) is 0 Å². The van der Waals surface area contributed by atoms with Gasteiger partial charge in [0.2, 0.25) is 0 Å². The first-order valence-electron chi connectivity index (χ1n) is 5.89. The molecule has 2 nitrogen and oxygen atoms in total. The lowest BCUT2D eigenvalue weighted by Crippen LogP contribution is -2.00. The molecule has 0 saturated carbocycles. The molecular formula is C15H20O2. The average molecular weight is 232 g/mol. The molecule has 0 aliphatic heterocycles. The van der Waals surface area contributed by atoms with Gasteiger partial charge in [-0.3, -0.25) is 0 Å². The number of hydrogen-bond donors (Lipinski definition) is 0. The van der Waals surface area contributed by atoms with Gasteiger partial charge in [-0.1, -0.05) is 6.07 Å². The van der Waals surface area contributed by atoms with Gasteiger partial charge in [0, 0.05) is 6.08 Å². The van der Waals surface area contributed by atoms with Crippen molar-refractivity contribution in [1.82, 2.24) is 0 Å². The first-order chi connectivity index (χ1) is 7.97. The molecule has 0 amide bonds. The average Bonchev–Trinajstić information content (AvgIpc) is 2.27. The van der Waals surface area contributed by atoms with Crippen LogP contribution in [0.4, 0.5) is 0 Å². The monoisotopic (exact) mass is 232 g/mol. The Labute approximate surface area is 103 Å². The van der Waals surface area contributed by atoms with Crippen molar-refractivity contribution in [3.8, 4) is 0 Å². The van der Waals surface area contributed by atoms with Gasteiger partial charge in [0.25, 0.3) is 0 Å². The van der Waals surface area contributed by atoms with E-state index in [1.54, 1.807) is 6.92 Å². The second kappa shape index (κ2) is 5.67. The summed E-state index contributed by atoms with van der Waals surface area (Å²) in [6, 6.07) is 2.17. The highest BCUT2D eigenvalue weighted by Gasteiger charge is 2.06. The number of hydrogen-bond acceptors (Lipinski definition) is 2. The summed E-state index contributed by atoms with van der Waals surface area (Å²) in [6.07, 6.45) is 3.35. The summed E-state index contributed by atoms with van der Waals surface area (Å²) in [6.45, 7) is 10.5. The summed E-state index contributed by atoms with van der Waals surface area (Å²) in [5.41, 5.74) is 6.05. The summed E-state index contributed by atoms with van der Waals surface area (Å²) in [7, 11) is 0. The Kier molecular flexibility index (Phi) is 4.50. The predicted molar refractivity (Wildman–Crippen MR) is 71.1 cm³/mol. The molecule has 0 atom stereocenters. The van der Waals surface area contributed by atoms with Gasteiger partial charge in [0.1, 0.15) is 0 Å². The van der Waals surface area contributed by atoms with Crippen molar-refractivity contribution in [2.45, 2.75) is 34.6 Å². The Morgan fingerprint density at radius 3 is 2.18 bits per heavy atom. The second-order valence-corrected chi connectivity index (χ2v) is 4.26. The number of carbonyl (C=O) groups is 1. The normalized spacial score (nSPS) is 10.9. The Bertz CT molecular complexity index is 430. The molecule has 0 saturated heterocycles. The van der Waals surface area contributed by atoms with E-state index >= 15 is 0 Å². The van der Waals surface area contributed by atoms with Crippen LogP contribution in [0.5, 0.6) is 0 Å². The van der Waals surface area contributed by atoms with Crippen molar-refractivity contribution in [2.75, 3.05) is 6.61 Å². The maximum atomic E-state index is 11.3. The van der Waals surface area contributed by atoms with Crippen molar-refractivity contribution >= 4 is 12.0 Å². The minimum absolute atomic E-state index is 0.287. The van der Waals surface area contributed by atoms with Crippen LogP contribution >= 0.6 is 0 Å². The van der Waals surface area contributed by atoms with Gasteiger partial charge < -0.3 is 4.74 Å². The van der Waals surface area contributed by atoms with E-state index in [0.29, 0.717) is 6.61 Å². The molecule has 0 radical (unpaired) electrons. The lowest BCUT2D eigenvalue weighted by Gasteiger charge is -2.11. The largest absolute Gasteiger partial charge is 0.463 e. The molecule has 0 bridgehead atoms. The zero-order chi connectivity index (χ0) is 13.0. The minimum Gasteiger partial charge on any atom is -0.463 e. The Hall–Kier alpha value is -1.57. The third-order valence-electron chi connectivity index (χ3n) is 3.10. The Morgan fingerprint density at radius 2 is 1.71 bits per heavy atom. The van der Waals surface area contributed by atoms with E-state index in [1.807, 2.05) is 6.08 Å². The standard InChI is InChI=1S/C15H20O2/c1-6-17-15(16)8-7-14-12(4)10(2)9-11(3)13(14)5/h7-9H,6H2,1-5H3/b8-7-. The van der Waals surface area contributed by atoms with Crippen LogP contribution in [-0.4, -0.2) is 12.6 Å². The molecule has 1 rings (SSSR count). The maximum absolute atomic E-state index is 11.3. The molecule has 1 aromatic rings. The first kappa shape index (κ1) is 13.5. The molecule has 92 valence electrons. The smallest absolute Gasteiger partial charge is 0.330 e. The van der Waals surface area contributed by atoms with Crippen molar-refractivity contribution in [2.24, 2.45) is 0 Å². The van der Waals surface area contributed by atoms with Crippen LogP contribution in [0.3, 0.4) is 0 Å². The van der Waals surface area contributed by atoms with E-state index in [1.165, 1.54) is 28.3 Å². The minimum atomic E-state index is -0.287. The Morgan fingerprint density at radius 1 is 1.18 bits per heavy atom. The number of ether oxygens (including phenoxy) is 1. The summed E-state index contributed by atoms with van der Waals surface area (Å²) >= 11 is 0. The van der Waals surface area contributed by atoms with Gasteiger partial charge >= 0.3 is 5.97 Å².